The van der Waals surface area contributed by atoms with Gasteiger partial charge in [0, 0.05) is 18.1 Å². The van der Waals surface area contributed by atoms with Crippen molar-refractivity contribution in [3.63, 3.8) is 0 Å². The fourth-order valence-electron chi connectivity index (χ4n) is 6.40. The quantitative estimate of drug-likeness (QED) is 0.0448. The van der Waals surface area contributed by atoms with Gasteiger partial charge in [0.25, 0.3) is 10.0 Å². The highest BCUT2D eigenvalue weighted by Crippen LogP contribution is 2.30. The monoisotopic (exact) mass is 832 g/mol. The summed E-state index contributed by atoms with van der Waals surface area (Å²) in [5.41, 5.74) is 0.483. The Balaban J connectivity index is 1.21. The number of halogens is 2. The Hall–Kier alpha value is -3.42. The van der Waals surface area contributed by atoms with Crippen molar-refractivity contribution in [2.75, 3.05) is 16.6 Å². The van der Waals surface area contributed by atoms with Gasteiger partial charge in [0.15, 0.2) is 0 Å². The molecule has 0 aliphatic carbocycles. The van der Waals surface area contributed by atoms with Crippen LogP contribution in [0.5, 0.6) is 0 Å². The first-order chi connectivity index (χ1) is 26.4. The molecule has 1 heterocycles. The molecule has 0 spiro atoms. The lowest BCUT2D eigenvalue weighted by atomic mass is 10.0. The SMILES string of the molecule is CCCCCCCCCCCCCCCCCCNS(=O)(=O)c1ccc(Cl)c(NS(=O)(=O)c2ccc(Cl)c(NC(=O)CC(=O)n3ccc4ccccc43)c2)c1. The maximum Gasteiger partial charge on any atom is 0.262 e. The molecule has 1 amide bonds. The van der Waals surface area contributed by atoms with Gasteiger partial charge in [0.1, 0.15) is 6.42 Å². The van der Waals surface area contributed by atoms with Gasteiger partial charge in [-0.1, -0.05) is 145 Å². The zero-order chi connectivity index (χ0) is 39.7. The molecule has 0 radical (unpaired) electrons. The molecule has 0 fully saturated rings. The van der Waals surface area contributed by atoms with Gasteiger partial charge >= 0.3 is 0 Å². The minimum atomic E-state index is -4.33. The number of anilines is 2. The Morgan fingerprint density at radius 2 is 1.13 bits per heavy atom. The summed E-state index contributed by atoms with van der Waals surface area (Å²) in [6.07, 6.45) is 20.7. The van der Waals surface area contributed by atoms with E-state index in [1.54, 1.807) is 24.4 Å². The highest BCUT2D eigenvalue weighted by atomic mass is 35.5. The molecule has 3 aromatic carbocycles. The summed E-state index contributed by atoms with van der Waals surface area (Å²) in [7, 11) is -8.27. The van der Waals surface area contributed by atoms with E-state index in [4.69, 9.17) is 23.2 Å². The summed E-state index contributed by atoms with van der Waals surface area (Å²) < 4.78 is 59.3. The second kappa shape index (κ2) is 22.4. The Bertz CT molecular complexity index is 2090. The van der Waals surface area contributed by atoms with Crippen LogP contribution in [0.25, 0.3) is 10.9 Å². The molecule has 0 aliphatic rings. The Labute approximate surface area is 336 Å². The Kier molecular flexibility index (Phi) is 18.0. The average molecular weight is 834 g/mol. The van der Waals surface area contributed by atoms with Gasteiger partial charge in [0.05, 0.1) is 36.7 Å². The van der Waals surface area contributed by atoms with Crippen LogP contribution in [0.1, 0.15) is 121 Å². The number of benzene rings is 3. The van der Waals surface area contributed by atoms with Gasteiger partial charge in [-0.25, -0.2) is 21.6 Å². The van der Waals surface area contributed by atoms with Crippen molar-refractivity contribution in [3.8, 4) is 0 Å². The van der Waals surface area contributed by atoms with E-state index in [2.05, 4.69) is 21.7 Å². The van der Waals surface area contributed by atoms with Gasteiger partial charge in [-0.05, 0) is 55.0 Å². The van der Waals surface area contributed by atoms with Gasteiger partial charge in [0.2, 0.25) is 21.8 Å². The third-order valence-electron chi connectivity index (χ3n) is 9.52. The lowest BCUT2D eigenvalue weighted by Crippen LogP contribution is -2.25. The molecule has 0 bridgehead atoms. The van der Waals surface area contributed by atoms with Crippen LogP contribution in [0.2, 0.25) is 10.0 Å². The highest BCUT2D eigenvalue weighted by Gasteiger charge is 2.22. The zero-order valence-electron chi connectivity index (χ0n) is 31.6. The van der Waals surface area contributed by atoms with E-state index in [0.717, 1.165) is 36.8 Å². The molecule has 0 aliphatic heterocycles. The van der Waals surface area contributed by atoms with E-state index in [9.17, 15) is 26.4 Å². The van der Waals surface area contributed by atoms with Gasteiger partial charge in [-0.15, -0.1) is 0 Å². The predicted molar refractivity (Wildman–Crippen MR) is 224 cm³/mol. The van der Waals surface area contributed by atoms with E-state index in [1.807, 2.05) is 12.1 Å². The first-order valence-electron chi connectivity index (χ1n) is 19.4. The molecular weight excluding hydrogens is 780 g/mol. The smallest absolute Gasteiger partial charge is 0.262 e. The Morgan fingerprint density at radius 1 is 0.618 bits per heavy atom. The highest BCUT2D eigenvalue weighted by molar-refractivity contribution is 7.92. The van der Waals surface area contributed by atoms with Crippen molar-refractivity contribution in [1.82, 2.24) is 9.29 Å². The molecule has 0 unspecified atom stereocenters. The molecule has 300 valence electrons. The van der Waals surface area contributed by atoms with Crippen molar-refractivity contribution in [3.05, 3.63) is 83.0 Å². The number of fused-ring (bicyclic) bond motifs is 1. The van der Waals surface area contributed by atoms with E-state index in [-0.39, 0.29) is 37.8 Å². The number of aromatic nitrogens is 1. The maximum atomic E-state index is 13.4. The molecule has 55 heavy (non-hydrogen) atoms. The van der Waals surface area contributed by atoms with Crippen LogP contribution in [-0.4, -0.2) is 39.8 Å². The third-order valence-corrected chi connectivity index (χ3v) is 13.0. The number of sulfonamides is 2. The third kappa shape index (κ3) is 14.2. The predicted octanol–water partition coefficient (Wildman–Crippen LogP) is 11.0. The molecule has 0 saturated heterocycles. The second-order valence-electron chi connectivity index (χ2n) is 14.0. The van der Waals surface area contributed by atoms with Crippen molar-refractivity contribution >= 4 is 77.3 Å². The number of nitrogens with zero attached hydrogens (tertiary/aromatic N) is 1. The van der Waals surface area contributed by atoms with Crippen LogP contribution in [0.3, 0.4) is 0 Å². The number of rotatable bonds is 25. The maximum absolute atomic E-state index is 13.4. The number of carbonyl (C=O) groups excluding carboxylic acids is 2. The molecule has 4 aromatic rings. The Morgan fingerprint density at radius 3 is 1.73 bits per heavy atom. The van der Waals surface area contributed by atoms with Gasteiger partial charge < -0.3 is 5.32 Å². The summed E-state index contributed by atoms with van der Waals surface area (Å²) in [4.78, 5) is 25.3. The molecule has 14 heteroatoms. The van der Waals surface area contributed by atoms with E-state index < -0.39 is 38.3 Å². The van der Waals surface area contributed by atoms with Crippen LogP contribution in [0.15, 0.2) is 82.7 Å². The van der Waals surface area contributed by atoms with E-state index >= 15 is 0 Å². The lowest BCUT2D eigenvalue weighted by Gasteiger charge is -2.14. The first-order valence-corrected chi connectivity index (χ1v) is 23.1. The number of para-hydroxylation sites is 1. The van der Waals surface area contributed by atoms with Crippen molar-refractivity contribution in [2.45, 2.75) is 126 Å². The molecule has 10 nitrogen and oxygen atoms in total. The molecule has 1 aromatic heterocycles. The van der Waals surface area contributed by atoms with Crippen LogP contribution in [-0.2, 0) is 24.8 Å². The summed E-state index contributed by atoms with van der Waals surface area (Å²) >= 11 is 12.6. The van der Waals surface area contributed by atoms with Crippen LogP contribution in [0, 0.1) is 0 Å². The summed E-state index contributed by atoms with van der Waals surface area (Å²) in [5.74, 6) is -1.18. The number of nitrogens with one attached hydrogen (secondary N) is 3. The average Bonchev–Trinajstić information content (AvgIpc) is 3.59. The summed E-state index contributed by atoms with van der Waals surface area (Å²) in [6.45, 7) is 2.51. The fourth-order valence-corrected chi connectivity index (χ4v) is 8.98. The van der Waals surface area contributed by atoms with Crippen molar-refractivity contribution in [2.24, 2.45) is 0 Å². The van der Waals surface area contributed by atoms with E-state index in [0.29, 0.717) is 11.9 Å². The normalized spacial score (nSPS) is 11.9. The molecule has 0 atom stereocenters. The second-order valence-corrected chi connectivity index (χ2v) is 18.2. The van der Waals surface area contributed by atoms with Crippen LogP contribution < -0.4 is 14.8 Å². The standard InChI is InChI=1S/C41H54Cl2N4O6S2/c1-2-3-4-5-6-7-8-9-10-11-12-13-14-15-16-19-27-44-54(50,51)33-22-25-36(43)38(30-33)46-55(52,53)34-23-24-35(42)37(29-34)45-40(48)31-41(49)47-28-26-32-20-17-18-21-39(32)47/h17-18,20-26,28-30,44,46H,2-16,19,27,31H2,1H3,(H,45,48). The van der Waals surface area contributed by atoms with E-state index in [1.165, 1.54) is 106 Å². The fraction of sp³-hybridized carbons (Fsp3) is 0.463. The molecular formula is C41H54Cl2N4O6S2. The number of hydrogen-bond donors (Lipinski definition) is 3. The topological polar surface area (TPSA) is 143 Å². The largest absolute Gasteiger partial charge is 0.324 e. The van der Waals surface area contributed by atoms with Crippen molar-refractivity contribution < 1.29 is 26.4 Å². The lowest BCUT2D eigenvalue weighted by molar-refractivity contribution is -0.115. The van der Waals surface area contributed by atoms with Crippen LogP contribution in [0.4, 0.5) is 11.4 Å². The van der Waals surface area contributed by atoms with Gasteiger partial charge in [-0.3, -0.25) is 18.9 Å². The van der Waals surface area contributed by atoms with Crippen LogP contribution >= 0.6 is 23.2 Å². The minimum Gasteiger partial charge on any atom is -0.324 e. The molecule has 4 rings (SSSR count). The minimum absolute atomic E-state index is 0.0149. The first kappa shape index (κ1) is 44.3. The summed E-state index contributed by atoms with van der Waals surface area (Å²) in [5, 5.41) is 3.39. The summed E-state index contributed by atoms with van der Waals surface area (Å²) in [6, 6.07) is 16.4. The number of hydrogen-bond acceptors (Lipinski definition) is 6. The zero-order valence-corrected chi connectivity index (χ0v) is 34.8. The molecule has 3 N–H and O–H groups in total. The number of unbranched alkanes of at least 4 members (excludes halogenated alkanes) is 15. The number of carbonyl (C=O) groups is 2. The number of amides is 1. The van der Waals surface area contributed by atoms with Crippen molar-refractivity contribution in [1.29, 1.82) is 0 Å². The van der Waals surface area contributed by atoms with Gasteiger partial charge in [-0.2, -0.15) is 0 Å². The molecule has 0 saturated carbocycles.